The lowest BCUT2D eigenvalue weighted by Crippen LogP contribution is -2.49. The third kappa shape index (κ3) is 4.23. The van der Waals surface area contributed by atoms with Crippen LogP contribution < -0.4 is 5.32 Å². The van der Waals surface area contributed by atoms with Gasteiger partial charge in [-0.2, -0.15) is 4.98 Å². The third-order valence-corrected chi connectivity index (χ3v) is 2.58. The zero-order chi connectivity index (χ0) is 14.4. The van der Waals surface area contributed by atoms with Gasteiger partial charge in [-0.15, -0.1) is 0 Å². The van der Waals surface area contributed by atoms with Gasteiger partial charge in [0.2, 0.25) is 12.3 Å². The highest BCUT2D eigenvalue weighted by molar-refractivity contribution is 5.86. The van der Waals surface area contributed by atoms with Crippen LogP contribution in [0, 0.1) is 0 Å². The topological polar surface area (TPSA) is 91.6 Å². The molecule has 1 heterocycles. The highest BCUT2D eigenvalue weighted by Crippen LogP contribution is 2.00. The van der Waals surface area contributed by atoms with E-state index in [4.69, 9.17) is 0 Å². The molecule has 0 aliphatic carbocycles. The number of carbonyl (C=O) groups is 2. The minimum Gasteiger partial charge on any atom is -0.347 e. The Balaban J connectivity index is 2.54. The minimum absolute atomic E-state index is 0.135. The summed E-state index contributed by atoms with van der Waals surface area (Å²) in [6.45, 7) is 2.06. The molecule has 1 rings (SSSR count). The standard InChI is InChI=1S/C11H19N5O3/c1-5-8(10(17)15(2)3)13-11(18)16(4)6-9-12-7-19-14-9/h7-8H,5-6H2,1-4H3,(H,13,18)/t8-/m0/s1. The molecule has 0 radical (unpaired) electrons. The molecular weight excluding hydrogens is 250 g/mol. The molecule has 0 fully saturated rings. The maximum atomic E-state index is 11.9. The average Bonchev–Trinajstić information content (AvgIpc) is 2.87. The zero-order valence-electron chi connectivity index (χ0n) is 11.6. The number of aromatic nitrogens is 2. The summed E-state index contributed by atoms with van der Waals surface area (Å²) < 4.78 is 4.59. The molecule has 1 aromatic heterocycles. The highest BCUT2D eigenvalue weighted by Gasteiger charge is 2.22. The summed E-state index contributed by atoms with van der Waals surface area (Å²) in [6.07, 6.45) is 1.73. The first kappa shape index (κ1) is 14.9. The number of nitrogens with zero attached hydrogens (tertiary/aromatic N) is 4. The quantitative estimate of drug-likeness (QED) is 0.817. The Bertz CT molecular complexity index is 418. The maximum Gasteiger partial charge on any atom is 0.318 e. The molecule has 0 bridgehead atoms. The first-order chi connectivity index (χ1) is 8.95. The number of hydrogen-bond acceptors (Lipinski definition) is 5. The van der Waals surface area contributed by atoms with Crippen LogP contribution in [-0.4, -0.2) is 59.1 Å². The second-order valence-electron chi connectivity index (χ2n) is 4.35. The van der Waals surface area contributed by atoms with Crippen molar-refractivity contribution in [3.8, 4) is 0 Å². The van der Waals surface area contributed by atoms with Gasteiger partial charge < -0.3 is 19.6 Å². The van der Waals surface area contributed by atoms with Gasteiger partial charge in [0, 0.05) is 21.1 Å². The van der Waals surface area contributed by atoms with Gasteiger partial charge in [0.1, 0.15) is 6.04 Å². The fourth-order valence-corrected chi connectivity index (χ4v) is 1.46. The second kappa shape index (κ2) is 6.72. The van der Waals surface area contributed by atoms with Crippen LogP contribution in [-0.2, 0) is 11.3 Å². The summed E-state index contributed by atoms with van der Waals surface area (Å²) in [4.78, 5) is 30.4. The molecule has 0 aliphatic heterocycles. The molecule has 0 saturated heterocycles. The molecule has 1 N–H and O–H groups in total. The Labute approximate surface area is 111 Å². The highest BCUT2D eigenvalue weighted by atomic mass is 16.5. The molecule has 1 aromatic rings. The van der Waals surface area contributed by atoms with Crippen LogP contribution >= 0.6 is 0 Å². The summed E-state index contributed by atoms with van der Waals surface area (Å²) >= 11 is 0. The summed E-state index contributed by atoms with van der Waals surface area (Å²) in [6, 6.07) is -0.887. The van der Waals surface area contributed by atoms with Crippen molar-refractivity contribution >= 4 is 11.9 Å². The van der Waals surface area contributed by atoms with E-state index in [1.54, 1.807) is 21.1 Å². The molecule has 8 nitrogen and oxygen atoms in total. The van der Waals surface area contributed by atoms with Crippen LogP contribution in [0.4, 0.5) is 4.79 Å². The second-order valence-corrected chi connectivity index (χ2v) is 4.35. The van der Waals surface area contributed by atoms with E-state index in [9.17, 15) is 9.59 Å². The number of rotatable bonds is 5. The number of amides is 3. The molecule has 0 spiro atoms. The molecule has 0 aliphatic rings. The number of likely N-dealkylation sites (N-methyl/N-ethyl adjacent to an activating group) is 1. The average molecular weight is 269 g/mol. The number of carbonyl (C=O) groups excluding carboxylic acids is 2. The van der Waals surface area contributed by atoms with Crippen LogP contribution in [0.2, 0.25) is 0 Å². The smallest absolute Gasteiger partial charge is 0.318 e. The van der Waals surface area contributed by atoms with Gasteiger partial charge in [-0.05, 0) is 6.42 Å². The summed E-state index contributed by atoms with van der Waals surface area (Å²) in [5, 5.41) is 6.29. The lowest BCUT2D eigenvalue weighted by molar-refractivity contribution is -0.130. The van der Waals surface area contributed by atoms with E-state index in [0.29, 0.717) is 12.2 Å². The van der Waals surface area contributed by atoms with E-state index in [-0.39, 0.29) is 18.5 Å². The van der Waals surface area contributed by atoms with E-state index >= 15 is 0 Å². The van der Waals surface area contributed by atoms with Gasteiger partial charge in [0.05, 0.1) is 6.54 Å². The van der Waals surface area contributed by atoms with Gasteiger partial charge in [0.15, 0.2) is 5.82 Å². The number of hydrogen-bond donors (Lipinski definition) is 1. The van der Waals surface area contributed by atoms with E-state index in [1.165, 1.54) is 16.2 Å². The molecule has 0 aromatic carbocycles. The molecule has 0 saturated carbocycles. The number of nitrogens with one attached hydrogen (secondary N) is 1. The van der Waals surface area contributed by atoms with Crippen molar-refractivity contribution in [2.24, 2.45) is 0 Å². The van der Waals surface area contributed by atoms with Crippen molar-refractivity contribution in [1.82, 2.24) is 25.3 Å². The first-order valence-electron chi connectivity index (χ1n) is 5.93. The Morgan fingerprint density at radius 3 is 2.58 bits per heavy atom. The molecular formula is C11H19N5O3. The Hall–Kier alpha value is -2.12. The summed E-state index contributed by atoms with van der Waals surface area (Å²) in [5.74, 6) is 0.272. The normalized spacial score (nSPS) is 11.8. The largest absolute Gasteiger partial charge is 0.347 e. The molecule has 106 valence electrons. The summed E-state index contributed by atoms with van der Waals surface area (Å²) in [7, 11) is 4.90. The lowest BCUT2D eigenvalue weighted by atomic mass is 10.2. The van der Waals surface area contributed by atoms with Crippen LogP contribution in [0.3, 0.4) is 0 Å². The van der Waals surface area contributed by atoms with Crippen LogP contribution in [0.5, 0.6) is 0 Å². The Morgan fingerprint density at radius 2 is 2.11 bits per heavy atom. The third-order valence-electron chi connectivity index (χ3n) is 2.58. The SMILES string of the molecule is CC[C@H](NC(=O)N(C)Cc1ncon1)C(=O)N(C)C. The van der Waals surface area contributed by atoms with Gasteiger partial charge in [-0.3, -0.25) is 4.79 Å². The van der Waals surface area contributed by atoms with Crippen molar-refractivity contribution in [3.05, 3.63) is 12.2 Å². The molecule has 8 heteroatoms. The molecule has 1 atom stereocenters. The van der Waals surface area contributed by atoms with Gasteiger partial charge in [0.25, 0.3) is 0 Å². The van der Waals surface area contributed by atoms with Crippen LogP contribution in [0.25, 0.3) is 0 Å². The monoisotopic (exact) mass is 269 g/mol. The molecule has 19 heavy (non-hydrogen) atoms. The zero-order valence-corrected chi connectivity index (χ0v) is 11.6. The van der Waals surface area contributed by atoms with Crippen molar-refractivity contribution in [3.63, 3.8) is 0 Å². The lowest BCUT2D eigenvalue weighted by Gasteiger charge is -2.23. The first-order valence-corrected chi connectivity index (χ1v) is 5.93. The van der Waals surface area contributed by atoms with E-state index < -0.39 is 6.04 Å². The van der Waals surface area contributed by atoms with Crippen LogP contribution in [0.15, 0.2) is 10.9 Å². The van der Waals surface area contributed by atoms with Crippen molar-refractivity contribution < 1.29 is 14.1 Å². The Morgan fingerprint density at radius 1 is 1.42 bits per heavy atom. The van der Waals surface area contributed by atoms with E-state index in [0.717, 1.165) is 0 Å². The van der Waals surface area contributed by atoms with Crippen molar-refractivity contribution in [2.75, 3.05) is 21.1 Å². The van der Waals surface area contributed by atoms with Crippen molar-refractivity contribution in [1.29, 1.82) is 0 Å². The van der Waals surface area contributed by atoms with Gasteiger partial charge in [-0.25, -0.2) is 4.79 Å². The van der Waals surface area contributed by atoms with Gasteiger partial charge in [-0.1, -0.05) is 12.1 Å². The fraction of sp³-hybridized carbons (Fsp3) is 0.636. The predicted molar refractivity (Wildman–Crippen MR) is 67.1 cm³/mol. The maximum absolute atomic E-state index is 11.9. The predicted octanol–water partition coefficient (Wildman–Crippen LogP) is 0.0778. The number of urea groups is 1. The van der Waals surface area contributed by atoms with E-state index in [2.05, 4.69) is 20.0 Å². The van der Waals surface area contributed by atoms with Gasteiger partial charge >= 0.3 is 6.03 Å². The van der Waals surface area contributed by atoms with Crippen LogP contribution in [0.1, 0.15) is 19.2 Å². The summed E-state index contributed by atoms with van der Waals surface area (Å²) in [5.41, 5.74) is 0. The fourth-order valence-electron chi connectivity index (χ4n) is 1.46. The van der Waals surface area contributed by atoms with Crippen molar-refractivity contribution in [2.45, 2.75) is 25.9 Å². The molecule has 0 unspecified atom stereocenters. The Kier molecular flexibility index (Phi) is 5.28. The molecule has 3 amide bonds. The van der Waals surface area contributed by atoms with E-state index in [1.807, 2.05) is 6.92 Å². The minimum atomic E-state index is -0.532.